The van der Waals surface area contributed by atoms with Crippen molar-refractivity contribution in [1.82, 2.24) is 5.32 Å². The van der Waals surface area contributed by atoms with Crippen molar-refractivity contribution in [3.05, 3.63) is 23.8 Å². The van der Waals surface area contributed by atoms with E-state index < -0.39 is 0 Å². The zero-order valence-corrected chi connectivity index (χ0v) is 8.33. The number of rotatable bonds is 3. The highest BCUT2D eigenvalue weighted by molar-refractivity contribution is 5.99. The van der Waals surface area contributed by atoms with Gasteiger partial charge >= 0.3 is 0 Å². The number of carbonyl (C=O) groups excluding carboxylic acids is 1. The molecule has 0 radical (unpaired) electrons. The number of nitrogen functional groups attached to an aromatic ring is 1. The van der Waals surface area contributed by atoms with Gasteiger partial charge in [0.1, 0.15) is 5.75 Å². The van der Waals surface area contributed by atoms with Crippen molar-refractivity contribution in [1.29, 1.82) is 0 Å². The molecule has 0 heterocycles. The Morgan fingerprint density at radius 3 is 2.79 bits per heavy atom. The molecule has 4 nitrogen and oxygen atoms in total. The number of ether oxygens (including phenoxy) is 1. The first-order valence-corrected chi connectivity index (χ1v) is 4.40. The minimum absolute atomic E-state index is 0.160. The highest BCUT2D eigenvalue weighted by Gasteiger charge is 2.08. The van der Waals surface area contributed by atoms with Gasteiger partial charge in [0, 0.05) is 18.3 Å². The lowest BCUT2D eigenvalue weighted by atomic mass is 10.1. The van der Waals surface area contributed by atoms with Crippen molar-refractivity contribution in [2.24, 2.45) is 0 Å². The molecule has 3 N–H and O–H groups in total. The molecule has 1 rings (SSSR count). The molecule has 0 fully saturated rings. The number of hydrogen-bond acceptors (Lipinski definition) is 3. The van der Waals surface area contributed by atoms with Crippen LogP contribution in [0.25, 0.3) is 0 Å². The fourth-order valence-corrected chi connectivity index (χ4v) is 1.13. The summed E-state index contributed by atoms with van der Waals surface area (Å²) in [4.78, 5) is 11.4. The Morgan fingerprint density at radius 1 is 1.57 bits per heavy atom. The highest BCUT2D eigenvalue weighted by Crippen LogP contribution is 2.19. The van der Waals surface area contributed by atoms with Crippen LogP contribution in [0, 0.1) is 0 Å². The molecule has 1 amide bonds. The largest absolute Gasteiger partial charge is 0.497 e. The molecule has 0 atom stereocenters. The molecule has 14 heavy (non-hydrogen) atoms. The Hall–Kier alpha value is -1.71. The van der Waals surface area contributed by atoms with Gasteiger partial charge in [0.2, 0.25) is 0 Å². The third kappa shape index (κ3) is 2.16. The lowest BCUT2D eigenvalue weighted by molar-refractivity contribution is 0.0956. The minimum atomic E-state index is -0.160. The van der Waals surface area contributed by atoms with E-state index in [0.29, 0.717) is 23.5 Å². The van der Waals surface area contributed by atoms with Gasteiger partial charge < -0.3 is 15.8 Å². The Kier molecular flexibility index (Phi) is 3.34. The molecule has 0 aromatic heterocycles. The van der Waals surface area contributed by atoms with E-state index in [1.807, 2.05) is 6.92 Å². The van der Waals surface area contributed by atoms with Gasteiger partial charge in [-0.1, -0.05) is 0 Å². The van der Waals surface area contributed by atoms with E-state index in [-0.39, 0.29) is 5.91 Å². The Bertz CT molecular complexity index is 337. The van der Waals surface area contributed by atoms with Crippen LogP contribution in [0.5, 0.6) is 5.75 Å². The average molecular weight is 194 g/mol. The van der Waals surface area contributed by atoms with Crippen molar-refractivity contribution < 1.29 is 9.53 Å². The second-order valence-corrected chi connectivity index (χ2v) is 2.81. The van der Waals surface area contributed by atoms with Gasteiger partial charge in [-0.25, -0.2) is 0 Å². The van der Waals surface area contributed by atoms with Crippen LogP contribution in [0.4, 0.5) is 5.69 Å². The average Bonchev–Trinajstić information content (AvgIpc) is 2.17. The summed E-state index contributed by atoms with van der Waals surface area (Å²) in [5.74, 6) is 0.489. The molecule has 4 heteroatoms. The van der Waals surface area contributed by atoms with Crippen LogP contribution < -0.4 is 15.8 Å². The monoisotopic (exact) mass is 194 g/mol. The molecule has 0 saturated heterocycles. The molecule has 76 valence electrons. The maximum atomic E-state index is 11.4. The molecule has 0 aliphatic rings. The Labute approximate surface area is 83.1 Å². The first-order chi connectivity index (χ1) is 6.69. The van der Waals surface area contributed by atoms with Crippen LogP contribution in [0.3, 0.4) is 0 Å². The fourth-order valence-electron chi connectivity index (χ4n) is 1.13. The number of methoxy groups -OCH3 is 1. The topological polar surface area (TPSA) is 64.3 Å². The van der Waals surface area contributed by atoms with E-state index in [1.165, 1.54) is 0 Å². The zero-order valence-electron chi connectivity index (χ0n) is 8.33. The van der Waals surface area contributed by atoms with Crippen LogP contribution in [0.1, 0.15) is 17.3 Å². The molecule has 0 unspecified atom stereocenters. The van der Waals surface area contributed by atoms with Gasteiger partial charge in [0.05, 0.1) is 12.7 Å². The zero-order chi connectivity index (χ0) is 10.6. The molecule has 1 aromatic carbocycles. The van der Waals surface area contributed by atoms with Gasteiger partial charge in [0.25, 0.3) is 5.91 Å². The van der Waals surface area contributed by atoms with Crippen LogP contribution in [-0.2, 0) is 0 Å². The smallest absolute Gasteiger partial charge is 0.253 e. The SMILES string of the molecule is CCNC(=O)c1ccc(OC)cc1N. The summed E-state index contributed by atoms with van der Waals surface area (Å²) in [6, 6.07) is 4.99. The first kappa shape index (κ1) is 10.4. The van der Waals surface area contributed by atoms with Crippen LogP contribution in [-0.4, -0.2) is 19.6 Å². The number of nitrogens with one attached hydrogen (secondary N) is 1. The summed E-state index contributed by atoms with van der Waals surface area (Å²) in [7, 11) is 1.56. The maximum Gasteiger partial charge on any atom is 0.253 e. The lowest BCUT2D eigenvalue weighted by Crippen LogP contribution is -2.23. The molecule has 0 aliphatic heterocycles. The van der Waals surface area contributed by atoms with Crippen LogP contribution in [0.15, 0.2) is 18.2 Å². The van der Waals surface area contributed by atoms with Gasteiger partial charge in [-0.15, -0.1) is 0 Å². The Morgan fingerprint density at radius 2 is 2.29 bits per heavy atom. The van der Waals surface area contributed by atoms with E-state index in [9.17, 15) is 4.79 Å². The van der Waals surface area contributed by atoms with E-state index in [0.717, 1.165) is 0 Å². The van der Waals surface area contributed by atoms with Crippen molar-refractivity contribution in [2.45, 2.75) is 6.92 Å². The van der Waals surface area contributed by atoms with Gasteiger partial charge in [-0.2, -0.15) is 0 Å². The number of benzene rings is 1. The molecule has 0 saturated carbocycles. The predicted octanol–water partition coefficient (Wildman–Crippen LogP) is 1.03. The van der Waals surface area contributed by atoms with Crippen molar-refractivity contribution in [3.8, 4) is 5.75 Å². The summed E-state index contributed by atoms with van der Waals surface area (Å²) >= 11 is 0. The summed E-state index contributed by atoms with van der Waals surface area (Å²) in [5, 5.41) is 2.68. The van der Waals surface area contributed by atoms with Crippen LogP contribution in [0.2, 0.25) is 0 Å². The minimum Gasteiger partial charge on any atom is -0.497 e. The summed E-state index contributed by atoms with van der Waals surface area (Å²) in [5.41, 5.74) is 6.59. The normalized spacial score (nSPS) is 9.57. The summed E-state index contributed by atoms with van der Waals surface area (Å²) < 4.78 is 4.98. The van der Waals surface area contributed by atoms with E-state index in [2.05, 4.69) is 5.32 Å². The quantitative estimate of drug-likeness (QED) is 0.706. The summed E-state index contributed by atoms with van der Waals surface area (Å²) in [6.07, 6.45) is 0. The third-order valence-electron chi connectivity index (χ3n) is 1.84. The number of nitrogens with two attached hydrogens (primary N) is 1. The predicted molar refractivity (Wildman–Crippen MR) is 55.4 cm³/mol. The standard InChI is InChI=1S/C10H14N2O2/c1-3-12-10(13)8-5-4-7(14-2)6-9(8)11/h4-6H,3,11H2,1-2H3,(H,12,13). The maximum absolute atomic E-state index is 11.4. The Balaban J connectivity index is 2.94. The fraction of sp³-hybridized carbons (Fsp3) is 0.300. The number of carbonyl (C=O) groups is 1. The lowest BCUT2D eigenvalue weighted by Gasteiger charge is -2.07. The number of hydrogen-bond donors (Lipinski definition) is 2. The molecular formula is C10H14N2O2. The van der Waals surface area contributed by atoms with Gasteiger partial charge in [-0.3, -0.25) is 4.79 Å². The third-order valence-corrected chi connectivity index (χ3v) is 1.84. The van der Waals surface area contributed by atoms with E-state index >= 15 is 0 Å². The first-order valence-electron chi connectivity index (χ1n) is 4.40. The van der Waals surface area contributed by atoms with Crippen molar-refractivity contribution in [2.75, 3.05) is 19.4 Å². The van der Waals surface area contributed by atoms with Crippen molar-refractivity contribution >= 4 is 11.6 Å². The molecule has 1 aromatic rings. The number of anilines is 1. The second kappa shape index (κ2) is 4.50. The molecule has 0 spiro atoms. The van der Waals surface area contributed by atoms with Crippen LogP contribution >= 0.6 is 0 Å². The van der Waals surface area contributed by atoms with Gasteiger partial charge in [0.15, 0.2) is 0 Å². The molecule has 0 aliphatic carbocycles. The molecule has 0 bridgehead atoms. The van der Waals surface area contributed by atoms with E-state index in [4.69, 9.17) is 10.5 Å². The van der Waals surface area contributed by atoms with Gasteiger partial charge in [-0.05, 0) is 19.1 Å². The highest BCUT2D eigenvalue weighted by atomic mass is 16.5. The van der Waals surface area contributed by atoms with Crippen molar-refractivity contribution in [3.63, 3.8) is 0 Å². The summed E-state index contributed by atoms with van der Waals surface area (Å²) in [6.45, 7) is 2.45. The second-order valence-electron chi connectivity index (χ2n) is 2.81. The van der Waals surface area contributed by atoms with E-state index in [1.54, 1.807) is 25.3 Å². The number of amides is 1. The molecular weight excluding hydrogens is 180 g/mol.